The number of para-hydroxylation sites is 1. The fourth-order valence-electron chi connectivity index (χ4n) is 1.86. The standard InChI is InChI=1S/C14H21Cl2N3O/c1-4-19(9-14(2,3)17)8-12(20)18-13-10(15)6-5-7-11(13)16/h5-7H,4,8-9,17H2,1-3H3,(H,18,20). The maximum atomic E-state index is 12.1. The summed E-state index contributed by atoms with van der Waals surface area (Å²) in [6, 6.07) is 5.10. The van der Waals surface area contributed by atoms with Gasteiger partial charge in [-0.1, -0.05) is 36.2 Å². The van der Waals surface area contributed by atoms with E-state index < -0.39 is 0 Å². The van der Waals surface area contributed by atoms with Gasteiger partial charge in [-0.2, -0.15) is 0 Å². The molecule has 1 amide bonds. The van der Waals surface area contributed by atoms with Crippen LogP contribution in [0.4, 0.5) is 5.69 Å². The van der Waals surface area contributed by atoms with Gasteiger partial charge in [-0.05, 0) is 32.5 Å². The molecule has 0 bridgehead atoms. The predicted octanol–water partition coefficient (Wildman–Crippen LogP) is 2.99. The Hall–Kier alpha value is -0.810. The second-order valence-electron chi connectivity index (χ2n) is 5.44. The van der Waals surface area contributed by atoms with Crippen LogP contribution in [0.25, 0.3) is 0 Å². The molecule has 1 aromatic carbocycles. The molecule has 6 heteroatoms. The maximum absolute atomic E-state index is 12.1. The fourth-order valence-corrected chi connectivity index (χ4v) is 2.35. The summed E-state index contributed by atoms with van der Waals surface area (Å²) < 4.78 is 0. The van der Waals surface area contributed by atoms with Crippen LogP contribution in [0.5, 0.6) is 0 Å². The molecule has 0 saturated carbocycles. The summed E-state index contributed by atoms with van der Waals surface area (Å²) in [6.45, 7) is 7.47. The van der Waals surface area contributed by atoms with Crippen LogP contribution < -0.4 is 11.1 Å². The average Bonchev–Trinajstić information content (AvgIpc) is 2.31. The van der Waals surface area contributed by atoms with Gasteiger partial charge >= 0.3 is 0 Å². The Kier molecular flexibility index (Phi) is 6.27. The monoisotopic (exact) mass is 317 g/mol. The molecule has 0 spiro atoms. The zero-order valence-electron chi connectivity index (χ0n) is 12.0. The Morgan fingerprint density at radius 1 is 1.35 bits per heavy atom. The molecule has 0 unspecified atom stereocenters. The van der Waals surface area contributed by atoms with Gasteiger partial charge in [0.25, 0.3) is 0 Å². The molecule has 1 rings (SSSR count). The summed E-state index contributed by atoms with van der Waals surface area (Å²) in [7, 11) is 0. The Labute approximate surface area is 130 Å². The lowest BCUT2D eigenvalue weighted by molar-refractivity contribution is -0.117. The van der Waals surface area contributed by atoms with Crippen molar-refractivity contribution in [1.82, 2.24) is 4.90 Å². The van der Waals surface area contributed by atoms with Gasteiger partial charge in [0.15, 0.2) is 0 Å². The Balaban J connectivity index is 2.67. The molecule has 0 aromatic heterocycles. The molecule has 0 atom stereocenters. The van der Waals surface area contributed by atoms with E-state index in [0.29, 0.717) is 22.3 Å². The minimum Gasteiger partial charge on any atom is -0.324 e. The van der Waals surface area contributed by atoms with Gasteiger partial charge in [0.2, 0.25) is 5.91 Å². The quantitative estimate of drug-likeness (QED) is 0.848. The number of carbonyl (C=O) groups is 1. The zero-order valence-corrected chi connectivity index (χ0v) is 13.6. The normalized spacial score (nSPS) is 11.8. The largest absolute Gasteiger partial charge is 0.324 e. The molecular weight excluding hydrogens is 297 g/mol. The van der Waals surface area contributed by atoms with E-state index in [0.717, 1.165) is 6.54 Å². The number of hydrogen-bond donors (Lipinski definition) is 2. The van der Waals surface area contributed by atoms with Crippen molar-refractivity contribution in [3.05, 3.63) is 28.2 Å². The number of benzene rings is 1. The van der Waals surface area contributed by atoms with Crippen LogP contribution in [0, 0.1) is 0 Å². The van der Waals surface area contributed by atoms with Crippen LogP contribution in [-0.2, 0) is 4.79 Å². The topological polar surface area (TPSA) is 58.4 Å². The van der Waals surface area contributed by atoms with Crippen LogP contribution in [0.1, 0.15) is 20.8 Å². The fraction of sp³-hybridized carbons (Fsp3) is 0.500. The Bertz CT molecular complexity index is 452. The minimum atomic E-state index is -0.349. The first-order valence-corrected chi connectivity index (χ1v) is 7.23. The Morgan fingerprint density at radius 3 is 2.35 bits per heavy atom. The highest BCUT2D eigenvalue weighted by Crippen LogP contribution is 2.29. The second-order valence-corrected chi connectivity index (χ2v) is 6.25. The minimum absolute atomic E-state index is 0.161. The number of nitrogens with zero attached hydrogens (tertiary/aromatic N) is 1. The molecule has 0 radical (unpaired) electrons. The SMILES string of the molecule is CCN(CC(=O)Nc1c(Cl)cccc1Cl)CC(C)(C)N. The second kappa shape index (κ2) is 7.27. The van der Waals surface area contributed by atoms with E-state index in [-0.39, 0.29) is 18.0 Å². The summed E-state index contributed by atoms with van der Waals surface area (Å²) in [6.07, 6.45) is 0. The lowest BCUT2D eigenvalue weighted by Crippen LogP contribution is -2.47. The van der Waals surface area contributed by atoms with Gasteiger partial charge in [-0.3, -0.25) is 9.69 Å². The third-order valence-corrected chi connectivity index (χ3v) is 3.30. The third-order valence-electron chi connectivity index (χ3n) is 2.67. The van der Waals surface area contributed by atoms with Crippen LogP contribution >= 0.6 is 23.2 Å². The summed E-state index contributed by atoms with van der Waals surface area (Å²) in [4.78, 5) is 14.0. The first-order valence-electron chi connectivity index (χ1n) is 6.48. The number of likely N-dealkylation sites (N-methyl/N-ethyl adjacent to an activating group) is 1. The summed E-state index contributed by atoms with van der Waals surface area (Å²) >= 11 is 12.0. The van der Waals surface area contributed by atoms with Crippen molar-refractivity contribution in [3.8, 4) is 0 Å². The van der Waals surface area contributed by atoms with Crippen molar-refractivity contribution in [2.24, 2.45) is 5.73 Å². The Morgan fingerprint density at radius 2 is 1.90 bits per heavy atom. The number of anilines is 1. The van der Waals surface area contributed by atoms with Gasteiger partial charge in [0.05, 0.1) is 22.3 Å². The third kappa shape index (κ3) is 5.67. The molecule has 0 saturated heterocycles. The highest BCUT2D eigenvalue weighted by molar-refractivity contribution is 6.39. The highest BCUT2D eigenvalue weighted by Gasteiger charge is 2.18. The molecule has 4 nitrogen and oxygen atoms in total. The van der Waals surface area contributed by atoms with Gasteiger partial charge < -0.3 is 11.1 Å². The van der Waals surface area contributed by atoms with Crippen molar-refractivity contribution < 1.29 is 4.79 Å². The van der Waals surface area contributed by atoms with E-state index in [1.54, 1.807) is 18.2 Å². The van der Waals surface area contributed by atoms with Crippen LogP contribution in [0.2, 0.25) is 10.0 Å². The number of nitrogens with two attached hydrogens (primary N) is 1. The lowest BCUT2D eigenvalue weighted by atomic mass is 10.1. The molecule has 0 aliphatic heterocycles. The lowest BCUT2D eigenvalue weighted by Gasteiger charge is -2.28. The first kappa shape index (κ1) is 17.2. The summed E-state index contributed by atoms with van der Waals surface area (Å²) in [5, 5.41) is 3.59. The molecule has 0 aliphatic rings. The molecule has 112 valence electrons. The molecule has 0 fully saturated rings. The predicted molar refractivity (Wildman–Crippen MR) is 85.5 cm³/mol. The molecule has 3 N–H and O–H groups in total. The molecule has 20 heavy (non-hydrogen) atoms. The van der Waals surface area contributed by atoms with E-state index in [1.807, 2.05) is 25.7 Å². The zero-order chi connectivity index (χ0) is 15.3. The van der Waals surface area contributed by atoms with E-state index >= 15 is 0 Å². The first-order chi connectivity index (χ1) is 9.23. The summed E-state index contributed by atoms with van der Waals surface area (Å²) in [5.74, 6) is -0.161. The van der Waals surface area contributed by atoms with Crippen LogP contribution in [-0.4, -0.2) is 36.0 Å². The molecule has 0 heterocycles. The van der Waals surface area contributed by atoms with E-state index in [4.69, 9.17) is 28.9 Å². The van der Waals surface area contributed by atoms with Crippen molar-refractivity contribution in [3.63, 3.8) is 0 Å². The van der Waals surface area contributed by atoms with Gasteiger partial charge in [-0.25, -0.2) is 0 Å². The highest BCUT2D eigenvalue weighted by atomic mass is 35.5. The van der Waals surface area contributed by atoms with Crippen molar-refractivity contribution >= 4 is 34.8 Å². The van der Waals surface area contributed by atoms with Crippen LogP contribution in [0.3, 0.4) is 0 Å². The number of rotatable bonds is 6. The van der Waals surface area contributed by atoms with Gasteiger partial charge in [-0.15, -0.1) is 0 Å². The number of halogens is 2. The number of carbonyl (C=O) groups excluding carboxylic acids is 1. The van der Waals surface area contributed by atoms with E-state index in [1.165, 1.54) is 0 Å². The number of nitrogens with one attached hydrogen (secondary N) is 1. The van der Waals surface area contributed by atoms with Gasteiger partial charge in [0.1, 0.15) is 0 Å². The van der Waals surface area contributed by atoms with Crippen LogP contribution in [0.15, 0.2) is 18.2 Å². The molecular formula is C14H21Cl2N3O. The van der Waals surface area contributed by atoms with Crippen molar-refractivity contribution in [2.75, 3.05) is 25.0 Å². The number of amides is 1. The smallest absolute Gasteiger partial charge is 0.238 e. The summed E-state index contributed by atoms with van der Waals surface area (Å²) in [5.41, 5.74) is 6.07. The van der Waals surface area contributed by atoms with Crippen molar-refractivity contribution in [2.45, 2.75) is 26.3 Å². The maximum Gasteiger partial charge on any atom is 0.238 e. The van der Waals surface area contributed by atoms with Crippen molar-refractivity contribution in [1.29, 1.82) is 0 Å². The molecule has 0 aliphatic carbocycles. The molecule has 1 aromatic rings. The van der Waals surface area contributed by atoms with E-state index in [2.05, 4.69) is 5.32 Å². The van der Waals surface area contributed by atoms with Gasteiger partial charge in [0, 0.05) is 12.1 Å². The number of hydrogen-bond acceptors (Lipinski definition) is 3. The average molecular weight is 318 g/mol. The van der Waals surface area contributed by atoms with E-state index in [9.17, 15) is 4.79 Å².